The van der Waals surface area contributed by atoms with Crippen molar-refractivity contribution in [3.05, 3.63) is 35.9 Å². The molecule has 7 heteroatoms. The van der Waals surface area contributed by atoms with Crippen molar-refractivity contribution in [2.75, 3.05) is 20.8 Å². The minimum absolute atomic E-state index is 0.0769. The van der Waals surface area contributed by atoms with Crippen LogP contribution in [0.15, 0.2) is 30.3 Å². The first-order chi connectivity index (χ1) is 14.4. The molecule has 1 aliphatic rings. The standard InChI is InChI=1S/C23H37N3O4/c1-23(2,22(28)25-18-13-9-6-10-14-18)26-19(15-17-11-7-5-8-12-17)21(27)24-16-20(29-3)30-4/h5,7-8,11-12,18-20,26H,6,9-10,13-16H2,1-4H3,(H,24,27)(H,25,28)/t19-/m0/s1. The van der Waals surface area contributed by atoms with E-state index in [1.54, 1.807) is 0 Å². The minimum Gasteiger partial charge on any atom is -0.354 e. The molecule has 2 amide bonds. The topological polar surface area (TPSA) is 88.7 Å². The maximum Gasteiger partial charge on any atom is 0.239 e. The zero-order valence-corrected chi connectivity index (χ0v) is 18.7. The van der Waals surface area contributed by atoms with Crippen molar-refractivity contribution in [2.45, 2.75) is 76.3 Å². The summed E-state index contributed by atoms with van der Waals surface area (Å²) in [6.07, 6.45) is 5.52. The monoisotopic (exact) mass is 419 g/mol. The Balaban J connectivity index is 2.05. The average molecular weight is 420 g/mol. The van der Waals surface area contributed by atoms with Crippen molar-refractivity contribution in [3.8, 4) is 0 Å². The summed E-state index contributed by atoms with van der Waals surface area (Å²) < 4.78 is 10.3. The molecule has 0 aromatic heterocycles. The molecule has 1 aromatic carbocycles. The SMILES string of the molecule is COC(CNC(=O)[C@H](Cc1ccccc1)NC(C)(C)C(=O)NC1CCCCC1)OC. The van der Waals surface area contributed by atoms with Crippen LogP contribution >= 0.6 is 0 Å². The van der Waals surface area contributed by atoms with E-state index in [0.717, 1.165) is 31.2 Å². The van der Waals surface area contributed by atoms with E-state index in [1.165, 1.54) is 20.6 Å². The van der Waals surface area contributed by atoms with Crippen molar-refractivity contribution in [3.63, 3.8) is 0 Å². The van der Waals surface area contributed by atoms with Gasteiger partial charge in [-0.05, 0) is 38.7 Å². The van der Waals surface area contributed by atoms with Gasteiger partial charge in [-0.3, -0.25) is 14.9 Å². The van der Waals surface area contributed by atoms with Crippen molar-refractivity contribution in [2.24, 2.45) is 0 Å². The molecule has 0 radical (unpaired) electrons. The van der Waals surface area contributed by atoms with Gasteiger partial charge in [-0.1, -0.05) is 49.6 Å². The van der Waals surface area contributed by atoms with Crippen LogP contribution in [0.2, 0.25) is 0 Å². The molecule has 1 fully saturated rings. The lowest BCUT2D eigenvalue weighted by Gasteiger charge is -2.33. The molecule has 0 aliphatic heterocycles. The predicted molar refractivity (Wildman–Crippen MR) is 117 cm³/mol. The highest BCUT2D eigenvalue weighted by Crippen LogP contribution is 2.18. The highest BCUT2D eigenvalue weighted by molar-refractivity contribution is 5.88. The third kappa shape index (κ3) is 7.70. The van der Waals surface area contributed by atoms with Crippen LogP contribution in [0.5, 0.6) is 0 Å². The Bertz CT molecular complexity index is 656. The van der Waals surface area contributed by atoms with Gasteiger partial charge in [0.05, 0.1) is 18.1 Å². The van der Waals surface area contributed by atoms with Gasteiger partial charge < -0.3 is 20.1 Å². The number of methoxy groups -OCH3 is 2. The largest absolute Gasteiger partial charge is 0.354 e. The lowest BCUT2D eigenvalue weighted by atomic mass is 9.93. The maximum atomic E-state index is 13.0. The number of amides is 2. The second-order valence-corrected chi connectivity index (χ2v) is 8.47. The Labute approximate surface area is 180 Å². The average Bonchev–Trinajstić information content (AvgIpc) is 2.75. The van der Waals surface area contributed by atoms with Crippen molar-refractivity contribution in [1.29, 1.82) is 0 Å². The van der Waals surface area contributed by atoms with Gasteiger partial charge in [-0.2, -0.15) is 0 Å². The lowest BCUT2D eigenvalue weighted by molar-refractivity contribution is -0.132. The quantitative estimate of drug-likeness (QED) is 0.478. The van der Waals surface area contributed by atoms with E-state index in [2.05, 4.69) is 16.0 Å². The van der Waals surface area contributed by atoms with Crippen LogP contribution in [0.1, 0.15) is 51.5 Å². The number of rotatable bonds is 11. The van der Waals surface area contributed by atoms with E-state index in [4.69, 9.17) is 9.47 Å². The summed E-state index contributed by atoms with van der Waals surface area (Å²) in [6.45, 7) is 3.88. The fourth-order valence-electron chi connectivity index (χ4n) is 3.74. The Morgan fingerprint density at radius 2 is 1.70 bits per heavy atom. The van der Waals surface area contributed by atoms with Gasteiger partial charge >= 0.3 is 0 Å². The number of hydrogen-bond donors (Lipinski definition) is 3. The van der Waals surface area contributed by atoms with Gasteiger partial charge in [0, 0.05) is 20.3 Å². The fraction of sp³-hybridized carbons (Fsp3) is 0.652. The molecular formula is C23H37N3O4. The second-order valence-electron chi connectivity index (χ2n) is 8.47. The van der Waals surface area contributed by atoms with Gasteiger partial charge in [-0.25, -0.2) is 0 Å². The molecule has 30 heavy (non-hydrogen) atoms. The molecule has 1 aliphatic carbocycles. The molecule has 7 nitrogen and oxygen atoms in total. The number of nitrogens with one attached hydrogen (secondary N) is 3. The summed E-state index contributed by atoms with van der Waals surface area (Å²) in [5, 5.41) is 9.31. The normalized spacial score (nSPS) is 16.3. The van der Waals surface area contributed by atoms with E-state index >= 15 is 0 Å². The second kappa shape index (κ2) is 12.0. The smallest absolute Gasteiger partial charge is 0.239 e. The molecule has 168 valence electrons. The van der Waals surface area contributed by atoms with Crippen LogP contribution < -0.4 is 16.0 Å². The third-order valence-electron chi connectivity index (χ3n) is 5.61. The van der Waals surface area contributed by atoms with Crippen LogP contribution in [0.3, 0.4) is 0 Å². The third-order valence-corrected chi connectivity index (χ3v) is 5.61. The molecule has 3 N–H and O–H groups in total. The van der Waals surface area contributed by atoms with E-state index in [0.29, 0.717) is 6.42 Å². The van der Waals surface area contributed by atoms with E-state index < -0.39 is 17.9 Å². The number of hydrogen-bond acceptors (Lipinski definition) is 5. The summed E-state index contributed by atoms with van der Waals surface area (Å²) in [5.74, 6) is -0.275. The van der Waals surface area contributed by atoms with E-state index in [1.807, 2.05) is 44.2 Å². The molecule has 1 saturated carbocycles. The van der Waals surface area contributed by atoms with Gasteiger partial charge in [0.15, 0.2) is 6.29 Å². The number of ether oxygens (including phenoxy) is 2. The molecule has 0 spiro atoms. The first-order valence-corrected chi connectivity index (χ1v) is 10.8. The number of carbonyl (C=O) groups is 2. The van der Waals surface area contributed by atoms with Crippen molar-refractivity contribution >= 4 is 11.8 Å². The maximum absolute atomic E-state index is 13.0. The Morgan fingerprint density at radius 1 is 1.07 bits per heavy atom. The molecule has 1 aromatic rings. The van der Waals surface area contributed by atoms with E-state index in [9.17, 15) is 9.59 Å². The Kier molecular flexibility index (Phi) is 9.75. The Morgan fingerprint density at radius 3 is 2.30 bits per heavy atom. The van der Waals surface area contributed by atoms with Crippen molar-refractivity contribution in [1.82, 2.24) is 16.0 Å². The fourth-order valence-corrected chi connectivity index (χ4v) is 3.74. The zero-order valence-electron chi connectivity index (χ0n) is 18.7. The van der Waals surface area contributed by atoms with Crippen LogP contribution in [0.4, 0.5) is 0 Å². The summed E-state index contributed by atoms with van der Waals surface area (Å²) in [6, 6.07) is 9.42. The van der Waals surface area contributed by atoms with Crippen LogP contribution in [-0.4, -0.2) is 56.5 Å². The molecule has 0 saturated heterocycles. The van der Waals surface area contributed by atoms with Gasteiger partial charge in [-0.15, -0.1) is 0 Å². The van der Waals surface area contributed by atoms with Gasteiger partial charge in [0.25, 0.3) is 0 Å². The first-order valence-electron chi connectivity index (χ1n) is 10.8. The molecular weight excluding hydrogens is 382 g/mol. The van der Waals surface area contributed by atoms with Crippen LogP contribution in [0, 0.1) is 0 Å². The van der Waals surface area contributed by atoms with E-state index in [-0.39, 0.29) is 24.4 Å². The van der Waals surface area contributed by atoms with Crippen LogP contribution in [0.25, 0.3) is 0 Å². The van der Waals surface area contributed by atoms with Crippen molar-refractivity contribution < 1.29 is 19.1 Å². The summed E-state index contributed by atoms with van der Waals surface area (Å²) >= 11 is 0. The van der Waals surface area contributed by atoms with Crippen LogP contribution in [-0.2, 0) is 25.5 Å². The molecule has 1 atom stereocenters. The van der Waals surface area contributed by atoms with Gasteiger partial charge in [0.2, 0.25) is 11.8 Å². The summed E-state index contributed by atoms with van der Waals surface area (Å²) in [5.41, 5.74) is 0.125. The first kappa shape index (κ1) is 24.3. The molecule has 0 unspecified atom stereocenters. The Hall–Kier alpha value is -1.96. The molecule has 0 bridgehead atoms. The number of carbonyl (C=O) groups excluding carboxylic acids is 2. The summed E-state index contributed by atoms with van der Waals surface area (Å²) in [4.78, 5) is 25.9. The summed E-state index contributed by atoms with van der Waals surface area (Å²) in [7, 11) is 3.05. The molecule has 0 heterocycles. The molecule has 2 rings (SSSR count). The van der Waals surface area contributed by atoms with Gasteiger partial charge in [0.1, 0.15) is 0 Å². The predicted octanol–water partition coefficient (Wildman–Crippen LogP) is 2.15. The highest BCUT2D eigenvalue weighted by atomic mass is 16.7. The highest BCUT2D eigenvalue weighted by Gasteiger charge is 2.34. The minimum atomic E-state index is -0.893. The number of benzene rings is 1. The zero-order chi connectivity index (χ0) is 22.0. The lowest BCUT2D eigenvalue weighted by Crippen LogP contribution is -2.61.